The van der Waals surface area contributed by atoms with Crippen molar-refractivity contribution in [3.05, 3.63) is 144 Å². The molecule has 6 rings (SSSR count). The second-order valence-corrected chi connectivity index (χ2v) is 28.5. The predicted octanol–water partition coefficient (Wildman–Crippen LogP) is -1.18. The van der Waals surface area contributed by atoms with Crippen LogP contribution in [0.4, 0.5) is 0 Å². The Morgan fingerprint density at radius 1 is 0.560 bits per heavy atom. The van der Waals surface area contributed by atoms with E-state index in [0.717, 1.165) is 38.1 Å². The van der Waals surface area contributed by atoms with Gasteiger partial charge in [0.1, 0.15) is 79.2 Å². The van der Waals surface area contributed by atoms with Gasteiger partial charge in [-0.05, 0) is 139 Å². The van der Waals surface area contributed by atoms with Gasteiger partial charge in [-0.25, -0.2) is 0 Å². The summed E-state index contributed by atoms with van der Waals surface area (Å²) in [6.07, 6.45) is 3.62. The summed E-state index contributed by atoms with van der Waals surface area (Å²) in [5.74, 6) is -14.3. The van der Waals surface area contributed by atoms with E-state index in [1.807, 2.05) is 54.6 Å². The summed E-state index contributed by atoms with van der Waals surface area (Å²) in [4.78, 5) is 198. The molecular weight excluding hydrogens is 1500 g/mol. The SMILES string of the molecule is C=CC[C@H](NC(=O)[C@H](CCCNC(=N)N)NC(=O)[C@H](Cc1cc2ccccc2[nH]1)NC(=O)[C@H](C)NC(=O)[C@H](CC=C(C)C)NC(=O)[C@H](CCCNC(=N)N)NC(=O)C1CCCN1C(=O)[C@H](CC(=O)O)NC(=O)[C@H](CO)NC(=O)[C@H](CC=C)NC(=O)[C@H](CC=C(C)C)NC(=O)CNC(=O)COC1c2ccccc2-c2ccccc21)C(N)=O. The summed E-state index contributed by atoms with van der Waals surface area (Å²) in [6.45, 7) is 13.3. The lowest BCUT2D eigenvalue weighted by molar-refractivity contribution is -0.146. The van der Waals surface area contributed by atoms with Crippen LogP contribution in [-0.2, 0) is 78.3 Å². The molecule has 116 heavy (non-hydrogen) atoms. The van der Waals surface area contributed by atoms with Crippen molar-refractivity contribution in [2.75, 3.05) is 39.4 Å². The molecule has 11 atom stereocenters. The molecule has 1 aliphatic carbocycles. The predicted molar refractivity (Wildman–Crippen MR) is 429 cm³/mol. The Hall–Kier alpha value is -12.8. The molecule has 1 aliphatic heterocycles. The van der Waals surface area contributed by atoms with E-state index in [1.54, 1.807) is 64.1 Å². The van der Waals surface area contributed by atoms with Crippen LogP contribution in [0.2, 0.25) is 0 Å². The van der Waals surface area contributed by atoms with Gasteiger partial charge in [-0.3, -0.25) is 77.9 Å². The van der Waals surface area contributed by atoms with Crippen LogP contribution in [0.25, 0.3) is 22.0 Å². The molecule has 0 spiro atoms. The fourth-order valence-corrected chi connectivity index (χ4v) is 12.8. The number of nitrogens with zero attached hydrogens (tertiary/aromatic N) is 1. The van der Waals surface area contributed by atoms with Gasteiger partial charge in [0.2, 0.25) is 76.8 Å². The van der Waals surface area contributed by atoms with Crippen LogP contribution >= 0.6 is 0 Å². The number of hydrogen-bond donors (Lipinski definition) is 21. The number of carboxylic acid groups (broad SMARTS) is 1. The maximum atomic E-state index is 14.6. The number of para-hydroxylation sites is 1. The van der Waals surface area contributed by atoms with Gasteiger partial charge in [0, 0.05) is 37.3 Å². The van der Waals surface area contributed by atoms with Gasteiger partial charge in [-0.15, -0.1) is 13.2 Å². The van der Waals surface area contributed by atoms with Crippen LogP contribution in [-0.4, -0.2) is 221 Å². The van der Waals surface area contributed by atoms with Crippen molar-refractivity contribution in [3.63, 3.8) is 0 Å². The van der Waals surface area contributed by atoms with Crippen LogP contribution in [0.5, 0.6) is 0 Å². The van der Waals surface area contributed by atoms with Crippen molar-refractivity contribution in [1.29, 1.82) is 10.8 Å². The fraction of sp³-hybridized carbons (Fsp3) is 0.443. The normalized spacial score (nSPS) is 15.2. The van der Waals surface area contributed by atoms with Gasteiger partial charge in [0.15, 0.2) is 11.9 Å². The average molecular weight is 1610 g/mol. The number of rotatable bonds is 47. The minimum Gasteiger partial charge on any atom is -0.481 e. The van der Waals surface area contributed by atoms with Crippen LogP contribution in [0, 0.1) is 10.8 Å². The molecule has 0 radical (unpaired) electrons. The van der Waals surface area contributed by atoms with Crippen molar-refractivity contribution in [3.8, 4) is 11.1 Å². The number of carbonyl (C=O) groups excluding carboxylic acids is 13. The topological polar surface area (TPSA) is 590 Å². The number of nitrogens with two attached hydrogens (primary N) is 3. The largest absolute Gasteiger partial charge is 0.481 e. The Morgan fingerprint density at radius 2 is 1.03 bits per heavy atom. The number of aromatic nitrogens is 1. The van der Waals surface area contributed by atoms with Gasteiger partial charge in [0.05, 0.1) is 19.6 Å². The van der Waals surface area contributed by atoms with E-state index in [2.05, 4.69) is 87.3 Å². The molecule has 1 unspecified atom stereocenters. The Morgan fingerprint density at radius 3 is 1.57 bits per heavy atom. The highest BCUT2D eigenvalue weighted by molar-refractivity contribution is 6.01. The average Bonchev–Trinajstić information content (AvgIpc) is 1.61. The summed E-state index contributed by atoms with van der Waals surface area (Å²) in [6, 6.07) is 7.67. The Kier molecular flexibility index (Phi) is 36.3. The molecular formula is C79H108N20O17. The number of fused-ring (bicyclic) bond motifs is 4. The quantitative estimate of drug-likeness (QED) is 0.0107. The van der Waals surface area contributed by atoms with Crippen LogP contribution < -0.4 is 86.3 Å². The second kappa shape index (κ2) is 45.8. The molecule has 626 valence electrons. The first-order valence-electron chi connectivity index (χ1n) is 37.9. The first kappa shape index (κ1) is 92.1. The molecule has 0 bridgehead atoms. The van der Waals surface area contributed by atoms with E-state index in [4.69, 9.17) is 32.8 Å². The lowest BCUT2D eigenvalue weighted by Crippen LogP contribution is -2.61. The number of aromatic amines is 1. The summed E-state index contributed by atoms with van der Waals surface area (Å²) in [5.41, 5.74) is 22.9. The number of carboxylic acids is 1. The number of amides is 13. The van der Waals surface area contributed by atoms with E-state index in [1.165, 1.54) is 19.1 Å². The first-order chi connectivity index (χ1) is 55.2. The standard InChI is InChI=1S/C79H108N20O17/c1-8-19-53(67(80)105)91-71(109)55(27-16-34-85-78(81)82)93-74(112)59(38-47-37-46-21-10-15-26-52(46)89-47)96-68(106)45(7)88-69(107)58(33-31-44(5)6)94-72(110)56(28-17-35-86-79(83)84)95-76(114)62-29-18-36-99(62)77(115)60(39-65(103)104)97-75(113)61(41-100)98-70(108)54(20-9-2)92-73(111)57(32-30-43(3)4)90-63(101)40-87-64(102)42-116-66-50-24-13-11-22-48(50)49-23-12-14-25-51(49)66/h8-15,21-26,30-31,37,45,53-62,66,89,100H,1-2,16-20,27-29,32-36,38-42H2,3-7H3,(H2,80,105)(H,87,102)(H,88,107)(H,90,101)(H,91,109)(H,92,111)(H,93,112)(H,94,110)(H,95,114)(H,96,106)(H,97,113)(H,98,108)(H,103,104)(H4,81,82,85)(H4,83,84,86)/t45-,53-,54-,55-,56-,57-,58-,59-,60-,61-,62?/m0/s1. The number of ether oxygens (including phenoxy) is 1. The van der Waals surface area contributed by atoms with Crippen LogP contribution in [0.3, 0.4) is 0 Å². The summed E-state index contributed by atoms with van der Waals surface area (Å²) < 4.78 is 6.05. The molecule has 2 heterocycles. The first-order valence-corrected chi connectivity index (χ1v) is 37.9. The number of nitrogens with one attached hydrogen (secondary N) is 16. The van der Waals surface area contributed by atoms with Gasteiger partial charge in [0.25, 0.3) is 0 Å². The van der Waals surface area contributed by atoms with E-state index < -0.39 is 187 Å². The fourth-order valence-electron chi connectivity index (χ4n) is 12.8. The van der Waals surface area contributed by atoms with Crippen molar-refractivity contribution in [2.45, 2.75) is 184 Å². The molecule has 37 heteroatoms. The summed E-state index contributed by atoms with van der Waals surface area (Å²) in [5, 5.41) is 69.7. The Balaban J connectivity index is 1.12. The number of hydrogen-bond acceptors (Lipinski definition) is 18. The Bertz CT molecular complexity index is 4250. The molecule has 13 amide bonds. The van der Waals surface area contributed by atoms with Gasteiger partial charge >= 0.3 is 5.97 Å². The number of aliphatic carboxylic acids is 1. The third kappa shape index (κ3) is 28.7. The number of aliphatic hydroxyl groups is 1. The lowest BCUT2D eigenvalue weighted by atomic mass is 10.1. The number of aliphatic hydroxyl groups excluding tert-OH is 1. The van der Waals surface area contributed by atoms with E-state index in [9.17, 15) is 77.3 Å². The third-order valence-electron chi connectivity index (χ3n) is 18.8. The molecule has 4 aromatic rings. The monoisotopic (exact) mass is 1610 g/mol. The highest BCUT2D eigenvalue weighted by Crippen LogP contribution is 2.45. The molecule has 1 fully saturated rings. The second-order valence-electron chi connectivity index (χ2n) is 28.5. The molecule has 37 nitrogen and oxygen atoms in total. The Labute approximate surface area is 670 Å². The zero-order valence-corrected chi connectivity index (χ0v) is 65.6. The van der Waals surface area contributed by atoms with Crippen molar-refractivity contribution < 1.29 is 82.1 Å². The number of allylic oxidation sites excluding steroid dienone is 2. The minimum absolute atomic E-state index is 0.00949. The van der Waals surface area contributed by atoms with Crippen molar-refractivity contribution in [1.82, 2.24) is 79.0 Å². The highest BCUT2D eigenvalue weighted by Gasteiger charge is 2.42. The van der Waals surface area contributed by atoms with Gasteiger partial charge < -0.3 is 111 Å². The lowest BCUT2D eigenvalue weighted by Gasteiger charge is -2.30. The third-order valence-corrected chi connectivity index (χ3v) is 18.8. The number of benzene rings is 3. The van der Waals surface area contributed by atoms with Crippen LogP contribution in [0.1, 0.15) is 128 Å². The van der Waals surface area contributed by atoms with Gasteiger partial charge in [-0.2, -0.15) is 0 Å². The zero-order chi connectivity index (χ0) is 85.3. The summed E-state index contributed by atoms with van der Waals surface area (Å²) in [7, 11) is 0. The maximum absolute atomic E-state index is 14.6. The smallest absolute Gasteiger partial charge is 0.305 e. The number of H-pyrrole nitrogens is 1. The number of primary amides is 1. The van der Waals surface area contributed by atoms with Gasteiger partial charge in [-0.1, -0.05) is 102 Å². The summed E-state index contributed by atoms with van der Waals surface area (Å²) >= 11 is 0. The number of carbonyl (C=O) groups is 14. The van der Waals surface area contributed by atoms with E-state index >= 15 is 0 Å². The molecule has 24 N–H and O–H groups in total. The van der Waals surface area contributed by atoms with E-state index in [0.29, 0.717) is 16.8 Å². The maximum Gasteiger partial charge on any atom is 0.305 e. The number of guanidine groups is 2. The minimum atomic E-state index is -1.95. The highest BCUT2D eigenvalue weighted by atomic mass is 16.5. The van der Waals surface area contributed by atoms with Crippen molar-refractivity contribution in [2.24, 2.45) is 17.2 Å². The van der Waals surface area contributed by atoms with Crippen molar-refractivity contribution >= 4 is 106 Å². The van der Waals surface area contributed by atoms with E-state index in [-0.39, 0.29) is 96.2 Å². The molecule has 1 aromatic heterocycles. The molecule has 2 aliphatic rings. The molecule has 1 saturated heterocycles. The molecule has 0 saturated carbocycles. The van der Waals surface area contributed by atoms with Crippen LogP contribution in [0.15, 0.2) is 127 Å². The zero-order valence-electron chi connectivity index (χ0n) is 65.6. The molecule has 3 aromatic carbocycles. The number of likely N-dealkylation sites (tertiary alicyclic amines) is 1.